The molecule has 0 saturated carbocycles. The monoisotopic (exact) mass is 246 g/mol. The van der Waals surface area contributed by atoms with Crippen LogP contribution in [0.15, 0.2) is 36.0 Å². The number of carbonyl (C=O) groups is 2. The van der Waals surface area contributed by atoms with Gasteiger partial charge in [0.2, 0.25) is 0 Å². The molecule has 3 unspecified atom stereocenters. The molecule has 1 saturated heterocycles. The van der Waals surface area contributed by atoms with Gasteiger partial charge in [0.25, 0.3) is 0 Å². The van der Waals surface area contributed by atoms with Crippen molar-refractivity contribution in [2.24, 2.45) is 11.8 Å². The Bertz CT molecular complexity index is 456. The molecule has 3 atom stereocenters. The third-order valence-electron chi connectivity index (χ3n) is 3.66. The van der Waals surface area contributed by atoms with Gasteiger partial charge >= 0.3 is 5.97 Å². The van der Waals surface area contributed by atoms with Crippen LogP contribution in [-0.4, -0.2) is 17.9 Å². The second-order valence-electron chi connectivity index (χ2n) is 5.08. The molecule has 0 spiro atoms. The van der Waals surface area contributed by atoms with Gasteiger partial charge in [-0.05, 0) is 37.3 Å². The highest BCUT2D eigenvalue weighted by Crippen LogP contribution is 2.37. The average Bonchev–Trinajstić information content (AvgIpc) is 2.48. The molecular formula is C15H18O3. The Balaban J connectivity index is 2.29. The first-order valence-corrected chi connectivity index (χ1v) is 6.29. The van der Waals surface area contributed by atoms with E-state index >= 15 is 0 Å². The molecule has 2 rings (SSSR count). The number of allylic oxidation sites excluding steroid dienone is 3. The van der Waals surface area contributed by atoms with Crippen molar-refractivity contribution in [2.45, 2.75) is 32.8 Å². The minimum atomic E-state index is -0.286. The smallest absolute Gasteiger partial charge is 0.334 e. The molecular weight excluding hydrogens is 228 g/mol. The van der Waals surface area contributed by atoms with Crippen LogP contribution in [0.3, 0.4) is 0 Å². The largest absolute Gasteiger partial charge is 0.458 e. The molecule has 2 aliphatic rings. The predicted molar refractivity (Wildman–Crippen MR) is 68.8 cm³/mol. The first-order valence-electron chi connectivity index (χ1n) is 6.29. The summed E-state index contributed by atoms with van der Waals surface area (Å²) in [7, 11) is 0. The second kappa shape index (κ2) is 4.92. The van der Waals surface area contributed by atoms with E-state index in [4.69, 9.17) is 4.74 Å². The fraction of sp³-hybridized carbons (Fsp3) is 0.467. The zero-order chi connectivity index (χ0) is 13.3. The SMILES string of the molecule is C=C1C(=O)OC2CCC(C)C(C=CC(C)=O)=CC12. The van der Waals surface area contributed by atoms with Crippen LogP contribution >= 0.6 is 0 Å². The molecule has 1 fully saturated rings. The van der Waals surface area contributed by atoms with Crippen LogP contribution in [0.1, 0.15) is 26.7 Å². The molecule has 0 bridgehead atoms. The van der Waals surface area contributed by atoms with Gasteiger partial charge in [0.15, 0.2) is 5.78 Å². The van der Waals surface area contributed by atoms with E-state index in [1.165, 1.54) is 6.92 Å². The van der Waals surface area contributed by atoms with Gasteiger partial charge in [0.05, 0.1) is 0 Å². The maximum atomic E-state index is 11.5. The lowest BCUT2D eigenvalue weighted by molar-refractivity contribution is -0.139. The predicted octanol–water partition coefficient (Wildman–Crippen LogP) is 2.59. The van der Waals surface area contributed by atoms with Crippen molar-refractivity contribution in [1.82, 2.24) is 0 Å². The average molecular weight is 246 g/mol. The number of carbonyl (C=O) groups excluding carboxylic acids is 2. The molecule has 1 heterocycles. The van der Waals surface area contributed by atoms with E-state index in [2.05, 4.69) is 13.5 Å². The number of esters is 1. The van der Waals surface area contributed by atoms with Gasteiger partial charge in [0, 0.05) is 11.5 Å². The molecule has 0 radical (unpaired) electrons. The Kier molecular flexibility index (Phi) is 3.50. The number of hydrogen-bond donors (Lipinski definition) is 0. The van der Waals surface area contributed by atoms with Gasteiger partial charge in [-0.15, -0.1) is 0 Å². The van der Waals surface area contributed by atoms with Crippen LogP contribution in [0.2, 0.25) is 0 Å². The Morgan fingerprint density at radius 2 is 2.22 bits per heavy atom. The minimum absolute atomic E-state index is 0.0291. The summed E-state index contributed by atoms with van der Waals surface area (Å²) in [6, 6.07) is 0. The van der Waals surface area contributed by atoms with Crippen LogP contribution in [0.25, 0.3) is 0 Å². The fourth-order valence-corrected chi connectivity index (χ4v) is 2.48. The first-order chi connectivity index (χ1) is 8.49. The molecule has 0 aromatic heterocycles. The topological polar surface area (TPSA) is 43.4 Å². The zero-order valence-electron chi connectivity index (χ0n) is 10.8. The number of fused-ring (bicyclic) bond motifs is 1. The Labute approximate surface area is 107 Å². The van der Waals surface area contributed by atoms with Gasteiger partial charge in [-0.3, -0.25) is 4.79 Å². The highest BCUT2D eigenvalue weighted by atomic mass is 16.6. The van der Waals surface area contributed by atoms with Gasteiger partial charge in [0.1, 0.15) is 6.10 Å². The van der Waals surface area contributed by atoms with E-state index in [1.807, 2.05) is 12.2 Å². The highest BCUT2D eigenvalue weighted by Gasteiger charge is 2.38. The normalized spacial score (nSPS) is 31.9. The summed E-state index contributed by atoms with van der Waals surface area (Å²) in [6.07, 6.45) is 7.19. The summed E-state index contributed by atoms with van der Waals surface area (Å²) in [5, 5.41) is 0. The second-order valence-corrected chi connectivity index (χ2v) is 5.08. The summed E-state index contributed by atoms with van der Waals surface area (Å²) in [4.78, 5) is 22.5. The lowest BCUT2D eigenvalue weighted by Crippen LogP contribution is -2.13. The van der Waals surface area contributed by atoms with Crippen molar-refractivity contribution in [3.63, 3.8) is 0 Å². The van der Waals surface area contributed by atoms with E-state index in [1.54, 1.807) is 6.08 Å². The lowest BCUT2D eigenvalue weighted by atomic mass is 9.94. The molecule has 1 aliphatic heterocycles. The van der Waals surface area contributed by atoms with Crippen molar-refractivity contribution in [1.29, 1.82) is 0 Å². The highest BCUT2D eigenvalue weighted by molar-refractivity contribution is 5.91. The van der Waals surface area contributed by atoms with E-state index in [0.717, 1.165) is 18.4 Å². The summed E-state index contributed by atoms with van der Waals surface area (Å²) >= 11 is 0. The lowest BCUT2D eigenvalue weighted by Gasteiger charge is -2.11. The fourth-order valence-electron chi connectivity index (χ4n) is 2.48. The first kappa shape index (κ1) is 12.8. The summed E-state index contributed by atoms with van der Waals surface area (Å²) in [6.45, 7) is 7.46. The molecule has 0 aromatic carbocycles. The van der Waals surface area contributed by atoms with E-state index in [0.29, 0.717) is 11.5 Å². The van der Waals surface area contributed by atoms with E-state index in [9.17, 15) is 9.59 Å². The molecule has 0 N–H and O–H groups in total. The Morgan fingerprint density at radius 1 is 1.50 bits per heavy atom. The standard InChI is InChI=1S/C15H18O3/c1-9-4-7-14-13(11(3)15(17)18-14)8-12(9)6-5-10(2)16/h5-6,8-9,13-14H,3-4,7H2,1-2H3. The summed E-state index contributed by atoms with van der Waals surface area (Å²) < 4.78 is 5.31. The molecule has 18 heavy (non-hydrogen) atoms. The van der Waals surface area contributed by atoms with Crippen LogP contribution in [0, 0.1) is 11.8 Å². The molecule has 3 heteroatoms. The quantitative estimate of drug-likeness (QED) is 0.555. The van der Waals surface area contributed by atoms with E-state index in [-0.39, 0.29) is 23.8 Å². The van der Waals surface area contributed by atoms with Crippen molar-refractivity contribution < 1.29 is 14.3 Å². The van der Waals surface area contributed by atoms with Crippen molar-refractivity contribution in [2.75, 3.05) is 0 Å². The van der Waals surface area contributed by atoms with Gasteiger partial charge in [-0.25, -0.2) is 4.79 Å². The summed E-state index contributed by atoms with van der Waals surface area (Å²) in [5.41, 5.74) is 1.62. The Hall–Kier alpha value is -1.64. The molecule has 1 aliphatic carbocycles. The molecule has 0 amide bonds. The summed E-state index contributed by atoms with van der Waals surface area (Å²) in [5.74, 6) is 0.0823. The number of rotatable bonds is 2. The van der Waals surface area contributed by atoms with Crippen molar-refractivity contribution in [3.8, 4) is 0 Å². The maximum absolute atomic E-state index is 11.5. The van der Waals surface area contributed by atoms with Crippen LogP contribution in [0.4, 0.5) is 0 Å². The van der Waals surface area contributed by atoms with Gasteiger partial charge in [-0.2, -0.15) is 0 Å². The zero-order valence-corrected chi connectivity index (χ0v) is 10.8. The Morgan fingerprint density at radius 3 is 2.89 bits per heavy atom. The number of hydrogen-bond acceptors (Lipinski definition) is 3. The molecule has 0 aromatic rings. The van der Waals surface area contributed by atoms with Crippen LogP contribution in [-0.2, 0) is 14.3 Å². The number of ether oxygens (including phenoxy) is 1. The van der Waals surface area contributed by atoms with Gasteiger partial charge < -0.3 is 4.74 Å². The maximum Gasteiger partial charge on any atom is 0.334 e. The van der Waals surface area contributed by atoms with Crippen LogP contribution < -0.4 is 0 Å². The minimum Gasteiger partial charge on any atom is -0.458 e. The third-order valence-corrected chi connectivity index (χ3v) is 3.66. The van der Waals surface area contributed by atoms with E-state index < -0.39 is 0 Å². The van der Waals surface area contributed by atoms with Crippen molar-refractivity contribution >= 4 is 11.8 Å². The molecule has 96 valence electrons. The number of ketones is 1. The van der Waals surface area contributed by atoms with Gasteiger partial charge in [-0.1, -0.05) is 25.7 Å². The molecule has 3 nitrogen and oxygen atoms in total. The third kappa shape index (κ3) is 2.45. The van der Waals surface area contributed by atoms with Crippen LogP contribution in [0.5, 0.6) is 0 Å². The van der Waals surface area contributed by atoms with Crippen molar-refractivity contribution in [3.05, 3.63) is 36.0 Å².